The van der Waals surface area contributed by atoms with Crippen molar-refractivity contribution in [2.45, 2.75) is 55.3 Å². The number of rotatable bonds is 2. The predicted octanol–water partition coefficient (Wildman–Crippen LogP) is 3.87. The average molecular weight is 399 g/mol. The molecule has 3 aromatic rings. The fraction of sp³-hybridized carbons (Fsp3) is 0.462. The van der Waals surface area contributed by atoms with Crippen molar-refractivity contribution in [2.75, 3.05) is 13.1 Å². The number of piperidine rings is 1. The molecule has 1 spiro atoms. The van der Waals surface area contributed by atoms with Crippen molar-refractivity contribution in [3.05, 3.63) is 64.8 Å². The summed E-state index contributed by atoms with van der Waals surface area (Å²) in [4.78, 5) is 6.34. The van der Waals surface area contributed by atoms with Gasteiger partial charge in [-0.05, 0) is 61.4 Å². The minimum Gasteiger partial charge on any atom is -0.483 e. The maximum atomic E-state index is 12.7. The van der Waals surface area contributed by atoms with E-state index in [2.05, 4.69) is 52.3 Å². The maximum absolute atomic E-state index is 12.7. The van der Waals surface area contributed by atoms with Crippen molar-refractivity contribution in [1.82, 2.24) is 9.88 Å². The number of para-hydroxylation sites is 1. The van der Waals surface area contributed by atoms with E-state index in [1.165, 1.54) is 40.6 Å². The first kappa shape index (κ1) is 16.4. The molecular weight excluding hydrogens is 372 g/mol. The highest BCUT2D eigenvalue weighted by Gasteiger charge is 2.72. The SMILES string of the molecule is O[C@@]12Cc3c([nH]c4ccccc34)[C@@H]3Oc4cccc5c4[C@@]31CCN(CC1CC1)C2C5. The zero-order chi connectivity index (χ0) is 19.7. The van der Waals surface area contributed by atoms with Gasteiger partial charge in [-0.15, -0.1) is 0 Å². The summed E-state index contributed by atoms with van der Waals surface area (Å²) >= 11 is 0. The van der Waals surface area contributed by atoms with Crippen LogP contribution in [-0.4, -0.2) is 39.7 Å². The Morgan fingerprint density at radius 2 is 2.03 bits per heavy atom. The molecule has 0 amide bonds. The molecule has 152 valence electrons. The first-order valence-corrected chi connectivity index (χ1v) is 11.5. The topological polar surface area (TPSA) is 48.5 Å². The molecule has 0 radical (unpaired) electrons. The Kier molecular flexibility index (Phi) is 2.80. The standard InChI is InChI=1S/C26H26N2O2/c29-26-13-18-17-5-1-2-6-19(17)27-23(18)24-25(26)10-11-28(14-15-8-9-15)21(26)12-16-4-3-7-20(30-24)22(16)25/h1-7,15,21,24,27,29H,8-14H2/t21?,24-,25-,26+/m0/s1. The Hall–Kier alpha value is -2.30. The molecule has 1 saturated heterocycles. The summed E-state index contributed by atoms with van der Waals surface area (Å²) in [5, 5.41) is 13.9. The largest absolute Gasteiger partial charge is 0.483 e. The van der Waals surface area contributed by atoms with Gasteiger partial charge in [-0.25, -0.2) is 0 Å². The highest BCUT2D eigenvalue weighted by Crippen LogP contribution is 2.67. The summed E-state index contributed by atoms with van der Waals surface area (Å²) in [6, 6.07) is 15.2. The minimum atomic E-state index is -0.789. The number of nitrogens with one attached hydrogen (secondary N) is 1. The Morgan fingerprint density at radius 3 is 2.93 bits per heavy atom. The maximum Gasteiger partial charge on any atom is 0.151 e. The second-order valence-electron chi connectivity index (χ2n) is 10.3. The average Bonchev–Trinajstić information content (AvgIpc) is 3.39. The number of nitrogens with zero attached hydrogens (tertiary/aromatic N) is 1. The third-order valence-electron chi connectivity index (χ3n) is 8.97. The molecular formula is C26H26N2O2. The van der Waals surface area contributed by atoms with Crippen LogP contribution in [0.5, 0.6) is 5.75 Å². The smallest absolute Gasteiger partial charge is 0.151 e. The number of fused-ring (bicyclic) bond motifs is 4. The first-order valence-electron chi connectivity index (χ1n) is 11.5. The van der Waals surface area contributed by atoms with Crippen LogP contribution in [0.1, 0.15) is 47.8 Å². The van der Waals surface area contributed by atoms with Gasteiger partial charge in [0.15, 0.2) is 6.10 Å². The van der Waals surface area contributed by atoms with E-state index >= 15 is 0 Å². The van der Waals surface area contributed by atoms with E-state index < -0.39 is 5.60 Å². The van der Waals surface area contributed by atoms with Crippen LogP contribution in [0.3, 0.4) is 0 Å². The van der Waals surface area contributed by atoms with E-state index in [1.54, 1.807) is 0 Å². The molecule has 1 unspecified atom stereocenters. The number of benzene rings is 2. The van der Waals surface area contributed by atoms with Gasteiger partial charge in [0.05, 0.1) is 16.7 Å². The summed E-state index contributed by atoms with van der Waals surface area (Å²) in [6.45, 7) is 2.21. The Balaban J connectivity index is 1.42. The molecule has 3 aliphatic carbocycles. The summed E-state index contributed by atoms with van der Waals surface area (Å²) in [5.41, 5.74) is 5.19. The van der Waals surface area contributed by atoms with Crippen LogP contribution in [-0.2, 0) is 18.3 Å². The van der Waals surface area contributed by atoms with E-state index in [1.807, 2.05) is 0 Å². The second-order valence-corrected chi connectivity index (χ2v) is 10.3. The summed E-state index contributed by atoms with van der Waals surface area (Å²) in [5.74, 6) is 1.83. The number of hydrogen-bond donors (Lipinski definition) is 2. The van der Waals surface area contributed by atoms with Gasteiger partial charge < -0.3 is 14.8 Å². The first-order chi connectivity index (χ1) is 14.7. The lowest BCUT2D eigenvalue weighted by Gasteiger charge is -2.62. The summed E-state index contributed by atoms with van der Waals surface area (Å²) in [7, 11) is 0. The lowest BCUT2D eigenvalue weighted by molar-refractivity contribution is -0.173. The highest BCUT2D eigenvalue weighted by molar-refractivity contribution is 5.86. The summed E-state index contributed by atoms with van der Waals surface area (Å²) in [6.07, 6.45) is 5.20. The molecule has 4 heteroatoms. The molecule has 3 heterocycles. The van der Waals surface area contributed by atoms with Gasteiger partial charge >= 0.3 is 0 Å². The van der Waals surface area contributed by atoms with Gasteiger partial charge in [0, 0.05) is 35.5 Å². The van der Waals surface area contributed by atoms with E-state index in [4.69, 9.17) is 4.74 Å². The van der Waals surface area contributed by atoms with Crippen LogP contribution in [0.2, 0.25) is 0 Å². The molecule has 2 bridgehead atoms. The summed E-state index contributed by atoms with van der Waals surface area (Å²) < 4.78 is 6.72. The molecule has 2 aromatic carbocycles. The predicted molar refractivity (Wildman–Crippen MR) is 115 cm³/mol. The lowest BCUT2D eigenvalue weighted by atomic mass is 9.49. The number of aromatic nitrogens is 1. The van der Waals surface area contributed by atoms with Crippen LogP contribution >= 0.6 is 0 Å². The highest BCUT2D eigenvalue weighted by atomic mass is 16.5. The van der Waals surface area contributed by atoms with E-state index in [9.17, 15) is 5.11 Å². The second kappa shape index (κ2) is 5.12. The Labute approximate surface area is 175 Å². The van der Waals surface area contributed by atoms with Crippen LogP contribution in [0.15, 0.2) is 42.5 Å². The number of H-pyrrole nitrogens is 1. The van der Waals surface area contributed by atoms with Crippen molar-refractivity contribution in [1.29, 1.82) is 0 Å². The van der Waals surface area contributed by atoms with Crippen LogP contribution in [0, 0.1) is 5.92 Å². The number of hydrogen-bond acceptors (Lipinski definition) is 3. The molecule has 4 atom stereocenters. The monoisotopic (exact) mass is 398 g/mol. The molecule has 1 aromatic heterocycles. The fourth-order valence-corrected chi connectivity index (χ4v) is 7.54. The van der Waals surface area contributed by atoms with Crippen molar-refractivity contribution in [2.24, 2.45) is 5.92 Å². The molecule has 2 N–H and O–H groups in total. The Bertz CT molecular complexity index is 1230. The van der Waals surface area contributed by atoms with Gasteiger partial charge in [0.1, 0.15) is 5.75 Å². The minimum absolute atomic E-state index is 0.124. The zero-order valence-corrected chi connectivity index (χ0v) is 17.0. The zero-order valence-electron chi connectivity index (χ0n) is 17.0. The molecule has 1 saturated carbocycles. The van der Waals surface area contributed by atoms with Gasteiger partial charge in [0.2, 0.25) is 0 Å². The van der Waals surface area contributed by atoms with Crippen molar-refractivity contribution >= 4 is 10.9 Å². The van der Waals surface area contributed by atoms with Crippen molar-refractivity contribution < 1.29 is 9.84 Å². The number of ether oxygens (including phenoxy) is 1. The number of aromatic amines is 1. The Morgan fingerprint density at radius 1 is 1.13 bits per heavy atom. The van der Waals surface area contributed by atoms with E-state index in [0.29, 0.717) is 6.42 Å². The molecule has 5 aliphatic rings. The number of aliphatic hydroxyl groups is 1. The van der Waals surface area contributed by atoms with E-state index in [-0.39, 0.29) is 17.6 Å². The van der Waals surface area contributed by atoms with Gasteiger partial charge in [-0.3, -0.25) is 4.90 Å². The van der Waals surface area contributed by atoms with Crippen molar-refractivity contribution in [3.8, 4) is 5.75 Å². The molecule has 2 fully saturated rings. The quantitative estimate of drug-likeness (QED) is 0.689. The van der Waals surface area contributed by atoms with Crippen LogP contribution < -0.4 is 4.74 Å². The van der Waals surface area contributed by atoms with Gasteiger partial charge in [-0.2, -0.15) is 0 Å². The lowest BCUT2D eigenvalue weighted by Crippen LogP contribution is -2.74. The van der Waals surface area contributed by atoms with Crippen molar-refractivity contribution in [3.63, 3.8) is 0 Å². The van der Waals surface area contributed by atoms with Crippen LogP contribution in [0.25, 0.3) is 10.9 Å². The third-order valence-corrected chi connectivity index (χ3v) is 8.97. The molecule has 2 aliphatic heterocycles. The van der Waals surface area contributed by atoms with Crippen LogP contribution in [0.4, 0.5) is 0 Å². The molecule has 30 heavy (non-hydrogen) atoms. The fourth-order valence-electron chi connectivity index (χ4n) is 7.54. The molecule has 4 nitrogen and oxygen atoms in total. The normalized spacial score (nSPS) is 35.8. The van der Waals surface area contributed by atoms with E-state index in [0.717, 1.165) is 43.1 Å². The third kappa shape index (κ3) is 1.71. The van der Waals surface area contributed by atoms with Gasteiger partial charge in [-0.1, -0.05) is 30.3 Å². The molecule has 8 rings (SSSR count). The van der Waals surface area contributed by atoms with Gasteiger partial charge in [0.25, 0.3) is 0 Å². The number of likely N-dealkylation sites (tertiary alicyclic amines) is 1.